The number of carbonyl (C=O) groups is 3. The maximum atomic E-state index is 12.9. The minimum absolute atomic E-state index is 0.00575. The zero-order valence-corrected chi connectivity index (χ0v) is 21.8. The zero-order valence-electron chi connectivity index (χ0n) is 21.0. The molecule has 1 saturated heterocycles. The van der Waals surface area contributed by atoms with Gasteiger partial charge in [0.05, 0.1) is 0 Å². The molecule has 3 amide bonds. The Hall–Kier alpha value is -2.12. The molecule has 34 heavy (non-hydrogen) atoms. The lowest BCUT2D eigenvalue weighted by Gasteiger charge is -2.41. The third-order valence-corrected chi connectivity index (χ3v) is 7.50. The van der Waals surface area contributed by atoms with Crippen LogP contribution in [-0.4, -0.2) is 71.7 Å². The van der Waals surface area contributed by atoms with E-state index in [9.17, 15) is 14.4 Å². The van der Waals surface area contributed by atoms with Gasteiger partial charge in [0.15, 0.2) is 0 Å². The quantitative estimate of drug-likeness (QED) is 0.596. The molecule has 1 aliphatic heterocycles. The summed E-state index contributed by atoms with van der Waals surface area (Å²) in [6.07, 6.45) is 5.37. The largest absolute Gasteiger partial charge is 0.346 e. The van der Waals surface area contributed by atoms with Gasteiger partial charge >= 0.3 is 0 Å². The number of piperazine rings is 1. The first-order chi connectivity index (χ1) is 16.2. The smallest absolute Gasteiger partial charge is 0.226 e. The van der Waals surface area contributed by atoms with Crippen molar-refractivity contribution >= 4 is 35.0 Å². The molecule has 1 unspecified atom stereocenters. The van der Waals surface area contributed by atoms with Gasteiger partial charge in [-0.1, -0.05) is 24.4 Å². The van der Waals surface area contributed by atoms with Crippen LogP contribution in [0.5, 0.6) is 0 Å². The summed E-state index contributed by atoms with van der Waals surface area (Å²) in [6, 6.07) is 3.95. The predicted molar refractivity (Wildman–Crippen MR) is 136 cm³/mol. The Morgan fingerprint density at radius 2 is 1.88 bits per heavy atom. The molecule has 1 atom stereocenters. The molecule has 2 fully saturated rings. The first-order valence-corrected chi connectivity index (χ1v) is 12.9. The van der Waals surface area contributed by atoms with Gasteiger partial charge in [0.1, 0.15) is 0 Å². The highest BCUT2D eigenvalue weighted by Crippen LogP contribution is 2.29. The van der Waals surface area contributed by atoms with Crippen LogP contribution in [0.3, 0.4) is 0 Å². The maximum Gasteiger partial charge on any atom is 0.226 e. The Kier molecular flexibility index (Phi) is 9.37. The molecule has 1 aromatic carbocycles. The number of carbonyl (C=O) groups excluding carboxylic acids is 3. The minimum atomic E-state index is -0.0825. The highest BCUT2D eigenvalue weighted by atomic mass is 35.5. The summed E-state index contributed by atoms with van der Waals surface area (Å²) < 4.78 is 0. The summed E-state index contributed by atoms with van der Waals surface area (Å²) >= 11 is 6.40. The molecule has 0 aromatic heterocycles. The van der Waals surface area contributed by atoms with Gasteiger partial charge in [0.2, 0.25) is 17.7 Å². The van der Waals surface area contributed by atoms with Gasteiger partial charge in [-0.15, -0.1) is 0 Å². The van der Waals surface area contributed by atoms with Gasteiger partial charge in [-0.3, -0.25) is 19.3 Å². The van der Waals surface area contributed by atoms with E-state index in [1.807, 2.05) is 13.0 Å². The van der Waals surface area contributed by atoms with E-state index in [4.69, 9.17) is 11.6 Å². The standard InChI is InChI=1S/C26H39ClN4O3/c1-18-16-30(12-13-31(18)26(34)21-8-5-6-9-21)17-22-14-23(27)15-24(19(22)2)28-25(33)10-7-11-29(4)20(3)32/h14-15,18,21H,5-13,16-17H2,1-4H3,(H,28,33). The summed E-state index contributed by atoms with van der Waals surface area (Å²) in [7, 11) is 1.74. The topological polar surface area (TPSA) is 73.0 Å². The SMILES string of the molecule is CC(=O)N(C)CCCC(=O)Nc1cc(Cl)cc(CN2CCN(C(=O)C3CCCC3)C(C)C2)c1C. The van der Waals surface area contributed by atoms with Crippen molar-refractivity contribution in [2.24, 2.45) is 5.92 Å². The van der Waals surface area contributed by atoms with E-state index in [1.54, 1.807) is 18.0 Å². The number of nitrogens with zero attached hydrogens (tertiary/aromatic N) is 3. The number of hydrogen-bond donors (Lipinski definition) is 1. The Balaban J connectivity index is 1.56. The normalized spacial score (nSPS) is 19.3. The van der Waals surface area contributed by atoms with Crippen LogP contribution >= 0.6 is 11.6 Å². The number of rotatable bonds is 8. The van der Waals surface area contributed by atoms with Gasteiger partial charge < -0.3 is 15.1 Å². The molecule has 0 spiro atoms. The van der Waals surface area contributed by atoms with Crippen molar-refractivity contribution in [2.45, 2.75) is 71.9 Å². The second-order valence-electron chi connectivity index (χ2n) is 9.93. The first kappa shape index (κ1) is 26.5. The lowest BCUT2D eigenvalue weighted by atomic mass is 10.0. The van der Waals surface area contributed by atoms with Gasteiger partial charge in [-0.05, 0) is 56.4 Å². The van der Waals surface area contributed by atoms with Crippen molar-refractivity contribution in [3.8, 4) is 0 Å². The second-order valence-corrected chi connectivity index (χ2v) is 10.4. The monoisotopic (exact) mass is 490 g/mol. The molecular formula is C26H39ClN4O3. The molecule has 8 heteroatoms. The number of amides is 3. The van der Waals surface area contributed by atoms with E-state index in [0.717, 1.165) is 55.8 Å². The molecule has 7 nitrogen and oxygen atoms in total. The molecule has 3 rings (SSSR count). The molecule has 1 aliphatic carbocycles. The van der Waals surface area contributed by atoms with Crippen molar-refractivity contribution in [3.63, 3.8) is 0 Å². The second kappa shape index (κ2) is 12.0. The fourth-order valence-corrected chi connectivity index (χ4v) is 5.27. The van der Waals surface area contributed by atoms with Crippen molar-refractivity contribution < 1.29 is 14.4 Å². The maximum absolute atomic E-state index is 12.9. The van der Waals surface area contributed by atoms with Crippen LogP contribution in [0.15, 0.2) is 12.1 Å². The van der Waals surface area contributed by atoms with E-state index >= 15 is 0 Å². The van der Waals surface area contributed by atoms with Crippen LogP contribution in [0.1, 0.15) is 63.5 Å². The molecule has 0 radical (unpaired) electrons. The fraction of sp³-hybridized carbons (Fsp3) is 0.654. The zero-order chi connectivity index (χ0) is 24.8. The van der Waals surface area contributed by atoms with Crippen molar-refractivity contribution in [1.82, 2.24) is 14.7 Å². The van der Waals surface area contributed by atoms with E-state index in [-0.39, 0.29) is 23.8 Å². The summed E-state index contributed by atoms with van der Waals surface area (Å²) in [6.45, 7) is 9.37. The van der Waals surface area contributed by atoms with Gasteiger partial charge in [0, 0.05) is 75.8 Å². The molecule has 1 N–H and O–H groups in total. The summed E-state index contributed by atoms with van der Waals surface area (Å²) in [5.41, 5.74) is 2.83. The Labute approximate surface area is 208 Å². The molecule has 188 valence electrons. The van der Waals surface area contributed by atoms with Gasteiger partial charge in [0.25, 0.3) is 0 Å². The van der Waals surface area contributed by atoms with Crippen LogP contribution < -0.4 is 5.32 Å². The van der Waals surface area contributed by atoms with Crippen LogP contribution in [0, 0.1) is 12.8 Å². The third-order valence-electron chi connectivity index (χ3n) is 7.28. The Morgan fingerprint density at radius 1 is 1.18 bits per heavy atom. The van der Waals surface area contributed by atoms with Gasteiger partial charge in [-0.2, -0.15) is 0 Å². The molecular weight excluding hydrogens is 452 g/mol. The number of nitrogens with one attached hydrogen (secondary N) is 1. The minimum Gasteiger partial charge on any atom is -0.346 e. The summed E-state index contributed by atoms with van der Waals surface area (Å²) in [5.74, 6) is 0.469. The van der Waals surface area contributed by atoms with E-state index in [2.05, 4.69) is 22.0 Å². The Bertz CT molecular complexity index is 900. The molecule has 2 aliphatic rings. The summed E-state index contributed by atoms with van der Waals surface area (Å²) in [5, 5.41) is 3.59. The first-order valence-electron chi connectivity index (χ1n) is 12.5. The molecule has 1 aromatic rings. The highest BCUT2D eigenvalue weighted by Gasteiger charge is 2.33. The van der Waals surface area contributed by atoms with E-state index in [1.165, 1.54) is 19.8 Å². The number of anilines is 1. The number of hydrogen-bond acceptors (Lipinski definition) is 4. The van der Waals surface area contributed by atoms with Crippen LogP contribution in [0.25, 0.3) is 0 Å². The molecule has 1 saturated carbocycles. The average molecular weight is 491 g/mol. The predicted octanol–water partition coefficient (Wildman–Crippen LogP) is 4.07. The molecule has 0 bridgehead atoms. The van der Waals surface area contributed by atoms with Crippen molar-refractivity contribution in [2.75, 3.05) is 38.5 Å². The molecule has 1 heterocycles. The number of benzene rings is 1. The van der Waals surface area contributed by atoms with Crippen LogP contribution in [0.4, 0.5) is 5.69 Å². The fourth-order valence-electron chi connectivity index (χ4n) is 5.03. The average Bonchev–Trinajstić information content (AvgIpc) is 3.31. The van der Waals surface area contributed by atoms with E-state index < -0.39 is 0 Å². The van der Waals surface area contributed by atoms with Crippen molar-refractivity contribution in [3.05, 3.63) is 28.3 Å². The van der Waals surface area contributed by atoms with Crippen LogP contribution in [0.2, 0.25) is 5.02 Å². The van der Waals surface area contributed by atoms with E-state index in [0.29, 0.717) is 30.3 Å². The van der Waals surface area contributed by atoms with Crippen molar-refractivity contribution in [1.29, 1.82) is 0 Å². The summed E-state index contributed by atoms with van der Waals surface area (Å²) in [4.78, 5) is 42.7. The van der Waals surface area contributed by atoms with Crippen LogP contribution in [-0.2, 0) is 20.9 Å². The highest BCUT2D eigenvalue weighted by molar-refractivity contribution is 6.31. The van der Waals surface area contributed by atoms with Gasteiger partial charge in [-0.25, -0.2) is 0 Å². The third kappa shape index (κ3) is 6.95. The lowest BCUT2D eigenvalue weighted by molar-refractivity contribution is -0.140. The number of halogens is 1. The Morgan fingerprint density at radius 3 is 2.53 bits per heavy atom. The lowest BCUT2D eigenvalue weighted by Crippen LogP contribution is -2.54.